The summed E-state index contributed by atoms with van der Waals surface area (Å²) in [4.78, 5) is 14.1. The number of fused-ring (bicyclic) bond motifs is 2. The van der Waals surface area contributed by atoms with E-state index in [0.29, 0.717) is 6.61 Å². The Morgan fingerprint density at radius 2 is 1.73 bits per heavy atom. The second-order valence-corrected chi connectivity index (χ2v) is 9.01. The van der Waals surface area contributed by atoms with E-state index in [0.717, 1.165) is 60.0 Å². The van der Waals surface area contributed by atoms with Gasteiger partial charge in [-0.05, 0) is 78.7 Å². The van der Waals surface area contributed by atoms with Gasteiger partial charge in [-0.25, -0.2) is 4.79 Å². The van der Waals surface area contributed by atoms with Gasteiger partial charge in [-0.1, -0.05) is 60.7 Å². The number of likely N-dealkylation sites (tertiary alicyclic amines) is 1. The Bertz CT molecular complexity index is 1160. The third-order valence-electron chi connectivity index (χ3n) is 6.84. The fourth-order valence-electron chi connectivity index (χ4n) is 4.97. The Balaban J connectivity index is 1.36. The molecule has 0 saturated carbocycles. The van der Waals surface area contributed by atoms with Gasteiger partial charge in [0.25, 0.3) is 0 Å². The number of piperidine rings is 1. The van der Waals surface area contributed by atoms with Crippen LogP contribution in [0.2, 0.25) is 0 Å². The Hall–Kier alpha value is -3.37. The number of aromatic carboxylic acids is 1. The molecule has 0 aromatic heterocycles. The van der Waals surface area contributed by atoms with Crippen LogP contribution in [0.3, 0.4) is 0 Å². The summed E-state index contributed by atoms with van der Waals surface area (Å²) >= 11 is 0. The van der Waals surface area contributed by atoms with Crippen LogP contribution in [0, 0.1) is 5.92 Å². The molecule has 1 N–H and O–H groups in total. The van der Waals surface area contributed by atoms with Crippen molar-refractivity contribution in [1.29, 1.82) is 0 Å². The van der Waals surface area contributed by atoms with Gasteiger partial charge < -0.3 is 9.84 Å². The summed E-state index contributed by atoms with van der Waals surface area (Å²) in [7, 11) is 0. The van der Waals surface area contributed by atoms with Gasteiger partial charge in [0.05, 0.1) is 5.56 Å². The molecule has 5 rings (SSSR count). The Morgan fingerprint density at radius 3 is 2.52 bits per heavy atom. The lowest BCUT2D eigenvalue weighted by atomic mass is 9.90. The molecule has 1 saturated heterocycles. The van der Waals surface area contributed by atoms with Gasteiger partial charge in [0.2, 0.25) is 0 Å². The summed E-state index contributed by atoms with van der Waals surface area (Å²) in [6, 6.07) is 24.2. The first-order chi connectivity index (χ1) is 16.2. The average molecular weight is 440 g/mol. The number of carboxylic acid groups (broad SMARTS) is 1. The van der Waals surface area contributed by atoms with Crippen LogP contribution in [0.1, 0.15) is 45.5 Å². The molecule has 2 heterocycles. The first-order valence-electron chi connectivity index (χ1n) is 11.7. The zero-order valence-corrected chi connectivity index (χ0v) is 18.7. The molecule has 1 fully saturated rings. The standard InChI is InChI=1S/C29H29NO3/c31-29(32)23-10-11-28-27(19-23)26(25-9-5-4-8-24(25)20-33-28)14-17-30-15-12-22(13-16-30)18-21-6-2-1-3-7-21/h1-11,14,19,22H,12-13,15-18,20H2,(H,31,32)/b26-14+. The lowest BCUT2D eigenvalue weighted by Crippen LogP contribution is -2.34. The maximum Gasteiger partial charge on any atom is 0.335 e. The summed E-state index contributed by atoms with van der Waals surface area (Å²) in [6.45, 7) is 3.50. The minimum absolute atomic E-state index is 0.282. The molecule has 0 spiro atoms. The minimum atomic E-state index is -0.921. The van der Waals surface area contributed by atoms with Crippen LogP contribution in [-0.4, -0.2) is 35.6 Å². The third-order valence-corrected chi connectivity index (χ3v) is 6.84. The molecule has 168 valence electrons. The van der Waals surface area contributed by atoms with Crippen LogP contribution in [0.5, 0.6) is 5.75 Å². The third kappa shape index (κ3) is 4.86. The number of rotatable bonds is 5. The topological polar surface area (TPSA) is 49.8 Å². The Kier molecular flexibility index (Phi) is 6.27. The number of nitrogens with zero attached hydrogens (tertiary/aromatic N) is 1. The summed E-state index contributed by atoms with van der Waals surface area (Å²) < 4.78 is 6.06. The number of carboxylic acids is 1. The van der Waals surface area contributed by atoms with Crippen molar-refractivity contribution in [2.75, 3.05) is 19.6 Å². The van der Waals surface area contributed by atoms with Gasteiger partial charge in [-0.2, -0.15) is 0 Å². The fraction of sp³-hybridized carbons (Fsp3) is 0.276. The van der Waals surface area contributed by atoms with E-state index < -0.39 is 5.97 Å². The number of carbonyl (C=O) groups is 1. The first kappa shape index (κ1) is 21.5. The van der Waals surface area contributed by atoms with Crippen LogP contribution in [0.4, 0.5) is 0 Å². The summed E-state index contributed by atoms with van der Waals surface area (Å²) in [6.07, 6.45) is 5.83. The molecule has 0 amide bonds. The molecule has 0 radical (unpaired) electrons. The average Bonchev–Trinajstić information content (AvgIpc) is 3.00. The van der Waals surface area contributed by atoms with Gasteiger partial charge in [-0.15, -0.1) is 0 Å². The van der Waals surface area contributed by atoms with E-state index in [1.165, 1.54) is 18.4 Å². The van der Waals surface area contributed by atoms with Crippen molar-refractivity contribution in [2.45, 2.75) is 25.9 Å². The van der Waals surface area contributed by atoms with E-state index in [4.69, 9.17) is 4.74 Å². The zero-order chi connectivity index (χ0) is 22.6. The van der Waals surface area contributed by atoms with Crippen LogP contribution in [0.25, 0.3) is 5.57 Å². The molecule has 2 aliphatic heterocycles. The lowest BCUT2D eigenvalue weighted by molar-refractivity contribution is 0.0697. The van der Waals surface area contributed by atoms with Crippen molar-refractivity contribution >= 4 is 11.5 Å². The van der Waals surface area contributed by atoms with E-state index in [2.05, 4.69) is 53.4 Å². The van der Waals surface area contributed by atoms with Gasteiger partial charge in [0.1, 0.15) is 12.4 Å². The summed E-state index contributed by atoms with van der Waals surface area (Å²) in [5.41, 5.74) is 5.88. The Labute approximate surface area is 195 Å². The number of benzene rings is 3. The molecular formula is C29H29NO3. The second kappa shape index (κ2) is 9.63. The van der Waals surface area contributed by atoms with E-state index >= 15 is 0 Å². The highest BCUT2D eigenvalue weighted by atomic mass is 16.5. The van der Waals surface area contributed by atoms with E-state index in [1.54, 1.807) is 18.2 Å². The summed E-state index contributed by atoms with van der Waals surface area (Å²) in [5, 5.41) is 9.53. The van der Waals surface area contributed by atoms with Crippen molar-refractivity contribution in [2.24, 2.45) is 5.92 Å². The lowest BCUT2D eigenvalue weighted by Gasteiger charge is -2.31. The summed E-state index contributed by atoms with van der Waals surface area (Å²) in [5.74, 6) is 0.557. The molecule has 4 nitrogen and oxygen atoms in total. The molecule has 3 aromatic carbocycles. The predicted octanol–water partition coefficient (Wildman–Crippen LogP) is 5.66. The van der Waals surface area contributed by atoms with Gasteiger partial charge in [0, 0.05) is 12.1 Å². The maximum atomic E-state index is 11.6. The normalized spacial score (nSPS) is 17.6. The van der Waals surface area contributed by atoms with Crippen LogP contribution >= 0.6 is 0 Å². The van der Waals surface area contributed by atoms with Gasteiger partial charge in [0.15, 0.2) is 0 Å². The van der Waals surface area contributed by atoms with Crippen molar-refractivity contribution in [3.63, 3.8) is 0 Å². The largest absolute Gasteiger partial charge is 0.488 e. The Morgan fingerprint density at radius 1 is 0.970 bits per heavy atom. The highest BCUT2D eigenvalue weighted by Crippen LogP contribution is 2.37. The van der Waals surface area contributed by atoms with E-state index in [9.17, 15) is 9.90 Å². The molecule has 2 aliphatic rings. The number of hydrogen-bond acceptors (Lipinski definition) is 3. The molecule has 0 aliphatic carbocycles. The van der Waals surface area contributed by atoms with Crippen LogP contribution < -0.4 is 4.74 Å². The first-order valence-corrected chi connectivity index (χ1v) is 11.7. The second-order valence-electron chi connectivity index (χ2n) is 9.01. The SMILES string of the molecule is O=C(O)c1ccc2c(c1)/C(=C/CN1CCC(Cc3ccccc3)CC1)c1ccccc1CO2. The maximum absolute atomic E-state index is 11.6. The molecule has 0 atom stereocenters. The smallest absolute Gasteiger partial charge is 0.335 e. The molecule has 33 heavy (non-hydrogen) atoms. The van der Waals surface area contributed by atoms with Crippen molar-refractivity contribution in [1.82, 2.24) is 4.90 Å². The van der Waals surface area contributed by atoms with Crippen LogP contribution in [-0.2, 0) is 13.0 Å². The molecule has 0 bridgehead atoms. The van der Waals surface area contributed by atoms with Crippen molar-refractivity contribution < 1.29 is 14.6 Å². The molecule has 4 heteroatoms. The van der Waals surface area contributed by atoms with E-state index in [-0.39, 0.29) is 5.56 Å². The molecular weight excluding hydrogens is 410 g/mol. The zero-order valence-electron chi connectivity index (χ0n) is 18.7. The van der Waals surface area contributed by atoms with Crippen LogP contribution in [0.15, 0.2) is 78.9 Å². The quantitative estimate of drug-likeness (QED) is 0.557. The highest BCUT2D eigenvalue weighted by Gasteiger charge is 2.22. The monoisotopic (exact) mass is 439 g/mol. The molecule has 3 aromatic rings. The fourth-order valence-corrected chi connectivity index (χ4v) is 4.97. The predicted molar refractivity (Wildman–Crippen MR) is 131 cm³/mol. The van der Waals surface area contributed by atoms with Crippen molar-refractivity contribution in [3.05, 3.63) is 107 Å². The van der Waals surface area contributed by atoms with Gasteiger partial charge >= 0.3 is 5.97 Å². The molecule has 0 unspecified atom stereocenters. The number of hydrogen-bond donors (Lipinski definition) is 1. The van der Waals surface area contributed by atoms with Gasteiger partial charge in [-0.3, -0.25) is 4.90 Å². The highest BCUT2D eigenvalue weighted by molar-refractivity contribution is 5.92. The minimum Gasteiger partial charge on any atom is -0.488 e. The number of ether oxygens (including phenoxy) is 1. The van der Waals surface area contributed by atoms with Crippen molar-refractivity contribution in [3.8, 4) is 5.75 Å². The van der Waals surface area contributed by atoms with E-state index in [1.807, 2.05) is 12.1 Å².